The van der Waals surface area contributed by atoms with Gasteiger partial charge in [0, 0.05) is 73.8 Å². The van der Waals surface area contributed by atoms with Crippen LogP contribution in [0.4, 0.5) is 13.2 Å². The number of halogens is 4. The Balaban J connectivity index is 1.26. The molecule has 558 valence electrons. The predicted molar refractivity (Wildman–Crippen MR) is 365 cm³/mol. The van der Waals surface area contributed by atoms with Crippen molar-refractivity contribution >= 4 is 82.5 Å². The molecule has 0 aromatic rings. The van der Waals surface area contributed by atoms with Crippen LogP contribution in [0.1, 0.15) is 202 Å². The summed E-state index contributed by atoms with van der Waals surface area (Å²) in [6, 6.07) is -10.7. The molecule has 7 rings (SSSR count). The molecule has 12 amide bonds. The SMILES string of the molecule is CC[C@H](C)[C@@H]1NC(=O)[C@H](CC(C)C)N(C)C(=O)C[C@@H](C(=O)N2CCCCC2)N(C)C(=O)[C@H](CC)N(C)C(=O)C2(CCCC2)NC(=O)[C@@H]2CCCN2C(=O)[C@H](CCC2CCC(C(F)(F)F)C(Cl)C2)NC(=O)CN(C)C(=O)[C@H](CC2CCCCC2)N(C)C(=O)[C@@H]2CCN2C(=O)[C@H](C)N(C)C1=O. The average molecular weight is 1420 g/mol. The number of hydrogen-bond donors (Lipinski definition) is 3. The van der Waals surface area contributed by atoms with E-state index in [2.05, 4.69) is 16.0 Å². The zero-order valence-corrected chi connectivity index (χ0v) is 61.6. The van der Waals surface area contributed by atoms with Crippen LogP contribution in [0.25, 0.3) is 0 Å². The van der Waals surface area contributed by atoms with Crippen molar-refractivity contribution in [3.8, 4) is 0 Å². The molecule has 3 N–H and O–H groups in total. The second-order valence-electron chi connectivity index (χ2n) is 30.3. The summed E-state index contributed by atoms with van der Waals surface area (Å²) in [6.45, 7) is 11.0. The van der Waals surface area contributed by atoms with Gasteiger partial charge in [0.15, 0.2) is 0 Å². The van der Waals surface area contributed by atoms with Crippen LogP contribution in [-0.4, -0.2) is 261 Å². The van der Waals surface area contributed by atoms with E-state index in [4.69, 9.17) is 11.6 Å². The number of rotatable bonds is 11. The summed E-state index contributed by atoms with van der Waals surface area (Å²) in [5, 5.41) is 7.59. The first-order valence-electron chi connectivity index (χ1n) is 36.8. The van der Waals surface area contributed by atoms with Crippen molar-refractivity contribution in [2.24, 2.45) is 29.6 Å². The third kappa shape index (κ3) is 19.1. The third-order valence-corrected chi connectivity index (χ3v) is 23.6. The Kier molecular flexibility index (Phi) is 28.3. The fourth-order valence-electron chi connectivity index (χ4n) is 16.2. The van der Waals surface area contributed by atoms with Gasteiger partial charge < -0.3 is 60.0 Å². The van der Waals surface area contributed by atoms with E-state index in [1.165, 1.54) is 88.4 Å². The lowest BCUT2D eigenvalue weighted by Gasteiger charge is -2.45. The lowest BCUT2D eigenvalue weighted by atomic mass is 9.78. The van der Waals surface area contributed by atoms with Gasteiger partial charge in [-0.05, 0) is 133 Å². The van der Waals surface area contributed by atoms with Gasteiger partial charge in [-0.1, -0.05) is 86.0 Å². The van der Waals surface area contributed by atoms with Gasteiger partial charge in [0.1, 0.15) is 59.9 Å². The minimum atomic E-state index is -4.51. The Hall–Kier alpha value is -6.28. The summed E-state index contributed by atoms with van der Waals surface area (Å²) in [4.78, 5) is 191. The lowest BCUT2D eigenvalue weighted by Crippen LogP contribution is -2.65. The fraction of sp³-hybridized carbons (Fsp3) is 0.831. The molecule has 99 heavy (non-hydrogen) atoms. The maximum atomic E-state index is 15.3. The predicted octanol–water partition coefficient (Wildman–Crippen LogP) is 5.85. The van der Waals surface area contributed by atoms with E-state index in [-0.39, 0.29) is 108 Å². The van der Waals surface area contributed by atoms with Gasteiger partial charge in [0.25, 0.3) is 0 Å². The molecule has 3 aliphatic carbocycles. The van der Waals surface area contributed by atoms with Crippen LogP contribution in [0.15, 0.2) is 0 Å². The second kappa shape index (κ2) is 35.1. The summed E-state index contributed by atoms with van der Waals surface area (Å²) in [5.41, 5.74) is -1.55. The van der Waals surface area contributed by atoms with Gasteiger partial charge >= 0.3 is 6.18 Å². The van der Waals surface area contributed by atoms with Crippen LogP contribution in [-0.2, 0) is 57.5 Å². The third-order valence-electron chi connectivity index (χ3n) is 23.1. The fourth-order valence-corrected chi connectivity index (χ4v) is 16.8. The number of fused-ring (bicyclic) bond motifs is 2. The van der Waals surface area contributed by atoms with Gasteiger partial charge in [-0.3, -0.25) is 57.5 Å². The smallest absolute Gasteiger partial charge is 0.343 e. The number of nitrogens with one attached hydrogen (secondary N) is 3. The quantitative estimate of drug-likeness (QED) is 0.206. The molecule has 7 fully saturated rings. The summed E-state index contributed by atoms with van der Waals surface area (Å²) < 4.78 is 42.0. The summed E-state index contributed by atoms with van der Waals surface area (Å²) in [6.07, 6.45) is 4.69. The number of carbonyl (C=O) groups excluding carboxylic acids is 12. The van der Waals surface area contributed by atoms with Gasteiger partial charge in [0.2, 0.25) is 70.9 Å². The molecular formula is C71H114ClF3N12O12. The van der Waals surface area contributed by atoms with Crippen molar-refractivity contribution < 1.29 is 70.7 Å². The Morgan fingerprint density at radius 3 is 1.82 bits per heavy atom. The first-order chi connectivity index (χ1) is 46.7. The molecule has 4 saturated heterocycles. The van der Waals surface area contributed by atoms with Crippen LogP contribution < -0.4 is 16.0 Å². The number of hydrogen-bond acceptors (Lipinski definition) is 12. The number of alkyl halides is 4. The number of likely N-dealkylation sites (tertiary alicyclic amines) is 1. The van der Waals surface area contributed by atoms with E-state index in [9.17, 15) is 56.3 Å². The lowest BCUT2D eigenvalue weighted by molar-refractivity contribution is -0.182. The molecule has 28 heteroatoms. The standard InChI is InChI=1S/C71H114ClF3N12O12/c1-13-44(5)59-68(98)80(8)45(6)62(92)87-37-31-53(87)66(96)82(10)55(40-46-24-17-15-18-25-46)64(94)79(7)42-57(88)76-50(30-28-47-27-29-48(49(72)39-47)71(73,74)75)63(93)86-36-23-26-52(86)61(91)78-70(32-19-20-33-70)69(99)84(12)51(14-2)65(95)83(11)56(67(97)85-34-21-16-22-35-85)41-58(89)81(9)54(38-43(3)4)60(90)77-59/h43-56,59H,13-42H2,1-12H3,(H,76,88)(H,77,90)(H,78,91)/t44-,45-,47?,48?,49?,50-,51-,52-,53-,54-,55-,56-,59-/m0/s1. The Bertz CT molecular complexity index is 2910. The highest BCUT2D eigenvalue weighted by atomic mass is 35.5. The van der Waals surface area contributed by atoms with Crippen molar-refractivity contribution in [3.05, 3.63) is 0 Å². The normalized spacial score (nSPS) is 31.1. The Morgan fingerprint density at radius 2 is 1.23 bits per heavy atom. The minimum Gasteiger partial charge on any atom is -0.343 e. The van der Waals surface area contributed by atoms with Crippen molar-refractivity contribution in [2.45, 2.75) is 274 Å². The van der Waals surface area contributed by atoms with Crippen LogP contribution >= 0.6 is 11.6 Å². The maximum absolute atomic E-state index is 15.3. The molecule has 0 aromatic carbocycles. The topological polar surface area (TPSA) is 270 Å². The molecule has 4 heterocycles. The highest BCUT2D eigenvalue weighted by Gasteiger charge is 2.52. The molecule has 3 saturated carbocycles. The summed E-state index contributed by atoms with van der Waals surface area (Å²) in [7, 11) is 8.65. The number of likely N-dealkylation sites (N-methyl/N-ethyl adjacent to an activating group) is 6. The molecular weight excluding hydrogens is 1310 g/mol. The first-order valence-corrected chi connectivity index (χ1v) is 37.2. The second-order valence-corrected chi connectivity index (χ2v) is 30.8. The van der Waals surface area contributed by atoms with Crippen LogP contribution in [0, 0.1) is 29.6 Å². The van der Waals surface area contributed by atoms with Crippen molar-refractivity contribution in [2.75, 3.05) is 75.0 Å². The van der Waals surface area contributed by atoms with Gasteiger partial charge in [-0.15, -0.1) is 11.6 Å². The number of carbonyl (C=O) groups is 12. The molecule has 1 spiro atoms. The molecule has 24 nitrogen and oxygen atoms in total. The van der Waals surface area contributed by atoms with E-state index in [0.717, 1.165) is 38.5 Å². The minimum absolute atomic E-state index is 0.00226. The molecule has 0 bridgehead atoms. The van der Waals surface area contributed by atoms with Gasteiger partial charge in [-0.25, -0.2) is 0 Å². The van der Waals surface area contributed by atoms with Crippen LogP contribution in [0.2, 0.25) is 0 Å². The zero-order chi connectivity index (χ0) is 73.1. The monoisotopic (exact) mass is 1420 g/mol. The Labute approximate surface area is 588 Å². The van der Waals surface area contributed by atoms with E-state index in [0.29, 0.717) is 51.6 Å². The summed E-state index contributed by atoms with van der Waals surface area (Å²) in [5.74, 6) is -10.1. The van der Waals surface area contributed by atoms with E-state index in [1.54, 1.807) is 18.7 Å². The number of amides is 12. The van der Waals surface area contributed by atoms with E-state index >= 15 is 14.4 Å². The van der Waals surface area contributed by atoms with Crippen LogP contribution in [0.5, 0.6) is 0 Å². The van der Waals surface area contributed by atoms with E-state index < -0.39 is 167 Å². The highest BCUT2D eigenvalue weighted by molar-refractivity contribution is 6.21. The maximum Gasteiger partial charge on any atom is 0.393 e. The van der Waals surface area contributed by atoms with Crippen molar-refractivity contribution in [3.63, 3.8) is 0 Å². The molecule has 3 unspecified atom stereocenters. The van der Waals surface area contributed by atoms with Gasteiger partial charge in [0.05, 0.1) is 18.9 Å². The first kappa shape index (κ1) is 80.0. The molecule has 13 atom stereocenters. The molecule has 7 aliphatic rings. The highest BCUT2D eigenvalue weighted by Crippen LogP contribution is 2.44. The largest absolute Gasteiger partial charge is 0.393 e. The van der Waals surface area contributed by atoms with Crippen LogP contribution in [0.3, 0.4) is 0 Å². The average Bonchev–Trinajstić information content (AvgIpc) is 1.71. The number of nitrogens with zero attached hydrogens (tertiary/aromatic N) is 9. The molecule has 4 aliphatic heterocycles. The van der Waals surface area contributed by atoms with E-state index in [1.807, 2.05) is 20.8 Å². The van der Waals surface area contributed by atoms with Crippen molar-refractivity contribution in [1.82, 2.24) is 60.0 Å². The zero-order valence-electron chi connectivity index (χ0n) is 60.8. The Morgan fingerprint density at radius 1 is 0.596 bits per heavy atom. The van der Waals surface area contributed by atoms with Gasteiger partial charge in [-0.2, -0.15) is 13.2 Å². The molecule has 0 radical (unpaired) electrons. The molecule has 0 aromatic heterocycles. The number of piperidine rings is 1. The summed E-state index contributed by atoms with van der Waals surface area (Å²) >= 11 is 6.40. The van der Waals surface area contributed by atoms with Crippen molar-refractivity contribution in [1.29, 1.82) is 0 Å².